The highest BCUT2D eigenvalue weighted by Gasteiger charge is 2.26. The van der Waals surface area contributed by atoms with Gasteiger partial charge >= 0.3 is 0 Å². The molecule has 1 aliphatic carbocycles. The maximum atomic E-state index is 13.5. The van der Waals surface area contributed by atoms with Crippen molar-refractivity contribution in [1.29, 1.82) is 0 Å². The van der Waals surface area contributed by atoms with Crippen molar-refractivity contribution in [3.63, 3.8) is 0 Å². The fraction of sp³-hybridized carbons (Fsp3) is 0.852. The Morgan fingerprint density at radius 2 is 1.77 bits per heavy atom. The monoisotopic (exact) mass is 437 g/mol. The molecule has 0 amide bonds. The summed E-state index contributed by atoms with van der Waals surface area (Å²) in [5, 5.41) is 7.44. The minimum atomic E-state index is -0.269. The van der Waals surface area contributed by atoms with Gasteiger partial charge in [-0.2, -0.15) is 0 Å². The van der Waals surface area contributed by atoms with Crippen LogP contribution in [0.4, 0.5) is 4.39 Å². The summed E-state index contributed by atoms with van der Waals surface area (Å²) in [6, 6.07) is 0.838. The normalized spacial score (nSPS) is 24.6. The Morgan fingerprint density at radius 1 is 1.10 bits per heavy atom. The van der Waals surface area contributed by atoms with Crippen LogP contribution in [0.1, 0.15) is 106 Å². The van der Waals surface area contributed by atoms with Crippen molar-refractivity contribution in [3.05, 3.63) is 23.6 Å². The van der Waals surface area contributed by atoms with E-state index in [0.717, 1.165) is 12.5 Å². The first kappa shape index (κ1) is 28.3. The van der Waals surface area contributed by atoms with Crippen molar-refractivity contribution in [1.82, 2.24) is 10.6 Å². The van der Waals surface area contributed by atoms with Crippen molar-refractivity contribution in [2.24, 2.45) is 17.6 Å². The Morgan fingerprint density at radius 3 is 2.35 bits per heavy atom. The lowest BCUT2D eigenvalue weighted by Gasteiger charge is -2.35. The van der Waals surface area contributed by atoms with Gasteiger partial charge in [0.25, 0.3) is 0 Å². The minimum absolute atomic E-state index is 0.0897. The summed E-state index contributed by atoms with van der Waals surface area (Å²) in [4.78, 5) is 0. The maximum absolute atomic E-state index is 13.5. The van der Waals surface area contributed by atoms with Gasteiger partial charge in [-0.15, -0.1) is 0 Å². The molecule has 0 aromatic carbocycles. The van der Waals surface area contributed by atoms with Crippen molar-refractivity contribution in [2.75, 3.05) is 6.54 Å². The van der Waals surface area contributed by atoms with E-state index in [1.54, 1.807) is 11.6 Å². The summed E-state index contributed by atoms with van der Waals surface area (Å²) >= 11 is 0. The van der Waals surface area contributed by atoms with Gasteiger partial charge in [0, 0.05) is 24.2 Å². The van der Waals surface area contributed by atoms with Crippen LogP contribution in [0, 0.1) is 11.8 Å². The lowest BCUT2D eigenvalue weighted by Crippen LogP contribution is -2.48. The second kappa shape index (κ2) is 16.0. The smallest absolute Gasteiger partial charge is 0.0973 e. The topological polar surface area (TPSA) is 50.1 Å². The van der Waals surface area contributed by atoms with Crippen LogP contribution < -0.4 is 16.4 Å². The van der Waals surface area contributed by atoms with E-state index < -0.39 is 0 Å². The second-order valence-corrected chi connectivity index (χ2v) is 9.97. The molecular weight excluding hydrogens is 385 g/mol. The van der Waals surface area contributed by atoms with E-state index in [-0.39, 0.29) is 17.9 Å². The molecule has 4 atom stereocenters. The van der Waals surface area contributed by atoms with Crippen molar-refractivity contribution in [2.45, 2.75) is 130 Å². The molecular formula is C27H52FN3. The molecule has 182 valence electrons. The van der Waals surface area contributed by atoms with Crippen LogP contribution in [0.2, 0.25) is 0 Å². The van der Waals surface area contributed by atoms with E-state index in [1.165, 1.54) is 57.8 Å². The third-order valence-corrected chi connectivity index (χ3v) is 7.33. The molecule has 0 heterocycles. The van der Waals surface area contributed by atoms with Gasteiger partial charge in [-0.1, -0.05) is 31.9 Å². The predicted octanol–water partition coefficient (Wildman–Crippen LogP) is 6.64. The third-order valence-electron chi connectivity index (χ3n) is 7.33. The van der Waals surface area contributed by atoms with Crippen molar-refractivity contribution >= 4 is 0 Å². The zero-order chi connectivity index (χ0) is 23.2. The van der Waals surface area contributed by atoms with Gasteiger partial charge < -0.3 is 16.4 Å². The lowest BCUT2D eigenvalue weighted by molar-refractivity contribution is 0.212. The van der Waals surface area contributed by atoms with E-state index in [1.807, 2.05) is 6.92 Å². The first-order valence-electron chi connectivity index (χ1n) is 13.1. The zero-order valence-corrected chi connectivity index (χ0v) is 21.4. The Balaban J connectivity index is 2.28. The molecule has 3 nitrogen and oxygen atoms in total. The van der Waals surface area contributed by atoms with Gasteiger partial charge in [0.05, 0.1) is 5.83 Å². The highest BCUT2D eigenvalue weighted by atomic mass is 19.1. The van der Waals surface area contributed by atoms with E-state index in [0.29, 0.717) is 24.4 Å². The summed E-state index contributed by atoms with van der Waals surface area (Å²) in [5.74, 6) is 1.38. The number of nitrogens with one attached hydrogen (secondary N) is 2. The van der Waals surface area contributed by atoms with Crippen LogP contribution in [0.15, 0.2) is 23.6 Å². The number of hydrogen-bond acceptors (Lipinski definition) is 3. The number of allylic oxidation sites excluding steroid dienone is 3. The first-order chi connectivity index (χ1) is 14.8. The molecule has 4 heteroatoms. The Labute approximate surface area is 192 Å². The Kier molecular flexibility index (Phi) is 14.6. The summed E-state index contributed by atoms with van der Waals surface area (Å²) in [5.41, 5.74) is 7.77. The van der Waals surface area contributed by atoms with Crippen LogP contribution in [0.5, 0.6) is 0 Å². The molecule has 0 radical (unpaired) electrons. The van der Waals surface area contributed by atoms with Gasteiger partial charge in [-0.25, -0.2) is 4.39 Å². The molecule has 0 bridgehead atoms. The summed E-state index contributed by atoms with van der Waals surface area (Å²) in [6.07, 6.45) is 15.8. The van der Waals surface area contributed by atoms with Gasteiger partial charge in [-0.05, 0) is 110 Å². The molecule has 0 spiro atoms. The van der Waals surface area contributed by atoms with Gasteiger partial charge in [0.1, 0.15) is 0 Å². The summed E-state index contributed by atoms with van der Waals surface area (Å²) in [7, 11) is 0. The fourth-order valence-electron chi connectivity index (χ4n) is 4.71. The number of nitrogens with two attached hydrogens (primary N) is 1. The van der Waals surface area contributed by atoms with Gasteiger partial charge in [0.2, 0.25) is 0 Å². The molecule has 4 unspecified atom stereocenters. The third kappa shape index (κ3) is 11.6. The fourth-order valence-corrected chi connectivity index (χ4v) is 4.71. The Hall–Kier alpha value is -0.710. The van der Waals surface area contributed by atoms with E-state index in [2.05, 4.69) is 51.3 Å². The van der Waals surface area contributed by atoms with E-state index in [9.17, 15) is 4.39 Å². The molecule has 31 heavy (non-hydrogen) atoms. The average molecular weight is 438 g/mol. The van der Waals surface area contributed by atoms with Gasteiger partial charge in [-0.3, -0.25) is 0 Å². The van der Waals surface area contributed by atoms with Crippen molar-refractivity contribution < 1.29 is 4.39 Å². The average Bonchev–Trinajstić information content (AvgIpc) is 2.77. The molecule has 1 saturated carbocycles. The second-order valence-electron chi connectivity index (χ2n) is 9.97. The largest absolute Gasteiger partial charge is 0.323 e. The maximum Gasteiger partial charge on any atom is 0.0973 e. The first-order valence-corrected chi connectivity index (χ1v) is 13.1. The predicted molar refractivity (Wildman–Crippen MR) is 135 cm³/mol. The minimum Gasteiger partial charge on any atom is -0.323 e. The molecule has 0 aliphatic heterocycles. The summed E-state index contributed by atoms with van der Waals surface area (Å²) in [6.45, 7) is 14.1. The van der Waals surface area contributed by atoms with E-state index in [4.69, 9.17) is 5.73 Å². The molecule has 1 fully saturated rings. The Bertz CT molecular complexity index is 523. The van der Waals surface area contributed by atoms with Crippen LogP contribution >= 0.6 is 0 Å². The lowest BCUT2D eigenvalue weighted by atomic mass is 9.78. The van der Waals surface area contributed by atoms with Crippen LogP contribution in [0.3, 0.4) is 0 Å². The number of hydrogen-bond donors (Lipinski definition) is 3. The van der Waals surface area contributed by atoms with Crippen LogP contribution in [0.25, 0.3) is 0 Å². The quantitative estimate of drug-likeness (QED) is 0.252. The molecule has 0 aromatic rings. The van der Waals surface area contributed by atoms with Gasteiger partial charge in [0.15, 0.2) is 0 Å². The number of halogens is 1. The molecule has 0 aromatic heterocycles. The van der Waals surface area contributed by atoms with Crippen LogP contribution in [-0.2, 0) is 0 Å². The zero-order valence-electron chi connectivity index (χ0n) is 21.4. The highest BCUT2D eigenvalue weighted by molar-refractivity contribution is 5.02. The molecule has 0 saturated heterocycles. The van der Waals surface area contributed by atoms with E-state index >= 15 is 0 Å². The van der Waals surface area contributed by atoms with Crippen molar-refractivity contribution in [3.8, 4) is 0 Å². The highest BCUT2D eigenvalue weighted by Crippen LogP contribution is 2.31. The molecule has 1 aliphatic rings. The summed E-state index contributed by atoms with van der Waals surface area (Å²) < 4.78 is 13.5. The standard InChI is InChI=1S/C27H52FN3/c1-7-10-11-23(8-2)13-12-20(4)30-19-24-14-16-25(17-15-24)21(5)31-22(6)27(29)18-26(28)9-3/h8,18,20-22,24-25,27,30-31H,7,9-17,19,29H2,1-6H3/b23-8+,26-18+. The molecule has 1 rings (SSSR count). The SMILES string of the molecule is C/C=C(\CCCC)CCC(C)NCC1CCC(C(C)NC(C)C(N)/C=C(/F)CC)CC1. The van der Waals surface area contributed by atoms with Crippen LogP contribution in [-0.4, -0.2) is 30.7 Å². The molecule has 4 N–H and O–H groups in total. The number of unbranched alkanes of at least 4 members (excludes halogenated alkanes) is 1. The number of rotatable bonds is 15.